The lowest BCUT2D eigenvalue weighted by atomic mass is 10.2. The summed E-state index contributed by atoms with van der Waals surface area (Å²) in [4.78, 5) is 13.6. The van der Waals surface area contributed by atoms with Crippen LogP contribution in [0.4, 0.5) is 5.69 Å². The van der Waals surface area contributed by atoms with Gasteiger partial charge in [-0.2, -0.15) is 0 Å². The van der Waals surface area contributed by atoms with Crippen molar-refractivity contribution in [2.45, 2.75) is 6.92 Å². The number of amides is 1. The smallest absolute Gasteiger partial charge is 0.230 e. The molecule has 0 aliphatic rings. The van der Waals surface area contributed by atoms with Crippen molar-refractivity contribution in [2.75, 3.05) is 11.9 Å². The Kier molecular flexibility index (Phi) is 3.52. The average molecular weight is 190 g/mol. The van der Waals surface area contributed by atoms with Crippen LogP contribution >= 0.6 is 0 Å². The molecule has 0 fully saturated rings. The summed E-state index contributed by atoms with van der Waals surface area (Å²) in [6.45, 7) is 1.79. The van der Waals surface area contributed by atoms with E-state index in [2.05, 4.69) is 15.3 Å². The highest BCUT2D eigenvalue weighted by Crippen LogP contribution is 2.07. The van der Waals surface area contributed by atoms with E-state index in [9.17, 15) is 4.79 Å². The van der Waals surface area contributed by atoms with E-state index in [1.807, 2.05) is 19.1 Å². The maximum absolute atomic E-state index is 11.1. The normalized spacial score (nSPS) is 8.93. The third-order valence-electron chi connectivity index (χ3n) is 1.61. The minimum atomic E-state index is -0.313. The van der Waals surface area contributed by atoms with Crippen LogP contribution in [0.3, 0.4) is 0 Å². The van der Waals surface area contributed by atoms with Gasteiger partial charge in [0.2, 0.25) is 5.91 Å². The maximum Gasteiger partial charge on any atom is 0.230 e. The van der Waals surface area contributed by atoms with Crippen molar-refractivity contribution in [3.63, 3.8) is 0 Å². The van der Waals surface area contributed by atoms with E-state index in [1.165, 1.54) is 0 Å². The van der Waals surface area contributed by atoms with Gasteiger partial charge in [-0.25, -0.2) is 0 Å². The topological polar surface area (TPSA) is 77.9 Å². The minimum absolute atomic E-state index is 0.176. The Morgan fingerprint density at radius 1 is 1.50 bits per heavy atom. The van der Waals surface area contributed by atoms with E-state index < -0.39 is 0 Å². The van der Waals surface area contributed by atoms with Crippen molar-refractivity contribution in [1.82, 2.24) is 0 Å². The monoisotopic (exact) mass is 190 g/mol. The highest BCUT2D eigenvalue weighted by Gasteiger charge is 1.98. The standard InChI is InChI=1S/C9H10N4O/c1-7-2-4-8(5-3-7)12-9(14)6-11-13-10/h2-5H,6H2,1H3,(H,12,14). The van der Waals surface area contributed by atoms with E-state index >= 15 is 0 Å². The highest BCUT2D eigenvalue weighted by atomic mass is 16.1. The summed E-state index contributed by atoms with van der Waals surface area (Å²) < 4.78 is 0. The molecule has 0 aliphatic carbocycles. The second-order valence-corrected chi connectivity index (χ2v) is 2.80. The molecule has 1 N–H and O–H groups in total. The van der Waals surface area contributed by atoms with Crippen LogP contribution in [0.2, 0.25) is 0 Å². The number of nitrogens with one attached hydrogen (secondary N) is 1. The van der Waals surface area contributed by atoms with Gasteiger partial charge in [-0.05, 0) is 24.6 Å². The molecule has 1 aromatic carbocycles. The zero-order valence-corrected chi connectivity index (χ0v) is 7.77. The van der Waals surface area contributed by atoms with Gasteiger partial charge in [-0.3, -0.25) is 4.79 Å². The Balaban J connectivity index is 2.56. The van der Waals surface area contributed by atoms with E-state index in [4.69, 9.17) is 5.53 Å². The lowest BCUT2D eigenvalue weighted by Gasteiger charge is -2.02. The lowest BCUT2D eigenvalue weighted by molar-refractivity contribution is -0.114. The van der Waals surface area contributed by atoms with E-state index in [1.54, 1.807) is 12.1 Å². The van der Waals surface area contributed by atoms with Crippen molar-refractivity contribution in [3.05, 3.63) is 40.3 Å². The summed E-state index contributed by atoms with van der Waals surface area (Å²) >= 11 is 0. The van der Waals surface area contributed by atoms with E-state index in [-0.39, 0.29) is 12.5 Å². The summed E-state index contributed by atoms with van der Waals surface area (Å²) in [5.74, 6) is -0.313. The predicted molar refractivity (Wildman–Crippen MR) is 53.8 cm³/mol. The number of benzene rings is 1. The number of hydrogen-bond acceptors (Lipinski definition) is 2. The van der Waals surface area contributed by atoms with Gasteiger partial charge in [0.1, 0.15) is 6.54 Å². The van der Waals surface area contributed by atoms with Crippen molar-refractivity contribution in [1.29, 1.82) is 0 Å². The Morgan fingerprint density at radius 2 is 2.14 bits per heavy atom. The zero-order valence-electron chi connectivity index (χ0n) is 7.77. The molecule has 0 bridgehead atoms. The van der Waals surface area contributed by atoms with Crippen molar-refractivity contribution < 1.29 is 4.79 Å². The third-order valence-corrected chi connectivity index (χ3v) is 1.61. The number of nitrogens with zero attached hydrogens (tertiary/aromatic N) is 3. The molecule has 1 amide bonds. The Morgan fingerprint density at radius 3 is 2.71 bits per heavy atom. The van der Waals surface area contributed by atoms with Crippen LogP contribution in [0.1, 0.15) is 5.56 Å². The number of hydrogen-bond donors (Lipinski definition) is 1. The first kappa shape index (κ1) is 10.1. The molecular weight excluding hydrogens is 180 g/mol. The Hall–Kier alpha value is -2.00. The number of carbonyl (C=O) groups is 1. The Labute approximate surface area is 81.4 Å². The van der Waals surface area contributed by atoms with Gasteiger partial charge in [-0.1, -0.05) is 22.8 Å². The van der Waals surface area contributed by atoms with E-state index in [0.717, 1.165) is 5.56 Å². The molecule has 72 valence electrons. The SMILES string of the molecule is Cc1ccc(NC(=O)CN=[N+]=[N-])cc1. The number of anilines is 1. The molecular formula is C9H10N4O. The first-order valence-corrected chi connectivity index (χ1v) is 4.10. The summed E-state index contributed by atoms with van der Waals surface area (Å²) in [6, 6.07) is 7.37. The molecule has 0 unspecified atom stereocenters. The van der Waals surface area contributed by atoms with Gasteiger partial charge >= 0.3 is 0 Å². The molecule has 0 radical (unpaired) electrons. The highest BCUT2D eigenvalue weighted by molar-refractivity contribution is 5.92. The molecule has 0 heterocycles. The van der Waals surface area contributed by atoms with Crippen LogP contribution in [0, 0.1) is 6.92 Å². The van der Waals surface area contributed by atoms with Gasteiger partial charge < -0.3 is 5.32 Å². The van der Waals surface area contributed by atoms with Crippen LogP contribution in [0.25, 0.3) is 10.4 Å². The summed E-state index contributed by atoms with van der Waals surface area (Å²) in [5, 5.41) is 5.75. The minimum Gasteiger partial charge on any atom is -0.326 e. The summed E-state index contributed by atoms with van der Waals surface area (Å²) in [7, 11) is 0. The largest absolute Gasteiger partial charge is 0.326 e. The number of azide groups is 1. The van der Waals surface area contributed by atoms with Gasteiger partial charge in [0.25, 0.3) is 0 Å². The van der Waals surface area contributed by atoms with Gasteiger partial charge in [0.15, 0.2) is 0 Å². The van der Waals surface area contributed by atoms with Crippen molar-refractivity contribution >= 4 is 11.6 Å². The summed E-state index contributed by atoms with van der Waals surface area (Å²) in [5.41, 5.74) is 9.82. The fraction of sp³-hybridized carbons (Fsp3) is 0.222. The van der Waals surface area contributed by atoms with Crippen molar-refractivity contribution in [3.8, 4) is 0 Å². The van der Waals surface area contributed by atoms with Gasteiger partial charge in [0, 0.05) is 10.6 Å². The first-order chi connectivity index (χ1) is 6.72. The fourth-order valence-corrected chi connectivity index (χ4v) is 0.933. The quantitative estimate of drug-likeness (QED) is 0.442. The molecule has 0 aliphatic heterocycles. The van der Waals surface area contributed by atoms with Gasteiger partial charge in [-0.15, -0.1) is 0 Å². The molecule has 0 aromatic heterocycles. The van der Waals surface area contributed by atoms with Crippen molar-refractivity contribution in [2.24, 2.45) is 5.11 Å². The molecule has 5 nitrogen and oxygen atoms in total. The maximum atomic E-state index is 11.1. The number of aryl methyl sites for hydroxylation is 1. The van der Waals surface area contributed by atoms with Crippen LogP contribution in [0.15, 0.2) is 29.4 Å². The molecule has 0 atom stereocenters. The van der Waals surface area contributed by atoms with Crippen LogP contribution in [0.5, 0.6) is 0 Å². The molecule has 0 saturated carbocycles. The average Bonchev–Trinajstić information content (AvgIpc) is 2.18. The molecule has 1 rings (SSSR count). The van der Waals surface area contributed by atoms with Crippen LogP contribution in [-0.2, 0) is 4.79 Å². The number of carbonyl (C=O) groups excluding carboxylic acids is 1. The van der Waals surface area contributed by atoms with E-state index in [0.29, 0.717) is 5.69 Å². The third kappa shape index (κ3) is 3.16. The molecule has 14 heavy (non-hydrogen) atoms. The molecule has 0 spiro atoms. The van der Waals surface area contributed by atoms with Crippen LogP contribution in [-0.4, -0.2) is 12.5 Å². The number of rotatable bonds is 3. The van der Waals surface area contributed by atoms with Gasteiger partial charge in [0.05, 0.1) is 0 Å². The predicted octanol–water partition coefficient (Wildman–Crippen LogP) is 2.24. The van der Waals surface area contributed by atoms with Crippen LogP contribution < -0.4 is 5.32 Å². The molecule has 1 aromatic rings. The molecule has 0 saturated heterocycles. The zero-order chi connectivity index (χ0) is 10.4. The molecule has 5 heteroatoms. The first-order valence-electron chi connectivity index (χ1n) is 4.10. The lowest BCUT2D eigenvalue weighted by Crippen LogP contribution is -2.14. The summed E-state index contributed by atoms with van der Waals surface area (Å²) in [6.07, 6.45) is 0. The second kappa shape index (κ2) is 4.89. The second-order valence-electron chi connectivity index (χ2n) is 2.80. The Bertz CT molecular complexity index is 365. The fourth-order valence-electron chi connectivity index (χ4n) is 0.933.